The van der Waals surface area contributed by atoms with E-state index in [9.17, 15) is 9.59 Å². The summed E-state index contributed by atoms with van der Waals surface area (Å²) in [4.78, 5) is 24.5. The Morgan fingerprint density at radius 1 is 1.41 bits per heavy atom. The fraction of sp³-hybridized carbons (Fsp3) is 0.529. The van der Waals surface area contributed by atoms with Crippen LogP contribution in [0.15, 0.2) is 30.3 Å². The summed E-state index contributed by atoms with van der Waals surface area (Å²) < 4.78 is 0. The van der Waals surface area contributed by atoms with Gasteiger partial charge in [-0.05, 0) is 45.1 Å². The van der Waals surface area contributed by atoms with E-state index in [0.717, 1.165) is 18.4 Å². The molecule has 1 aliphatic rings. The van der Waals surface area contributed by atoms with Crippen LogP contribution in [0.1, 0.15) is 38.7 Å². The van der Waals surface area contributed by atoms with Gasteiger partial charge in [-0.2, -0.15) is 12.6 Å². The number of carbonyl (C=O) groups is 2. The molecule has 0 saturated carbocycles. The van der Waals surface area contributed by atoms with Crippen molar-refractivity contribution < 1.29 is 9.59 Å². The van der Waals surface area contributed by atoms with Gasteiger partial charge < -0.3 is 10.6 Å². The number of rotatable bonds is 4. The van der Waals surface area contributed by atoms with Gasteiger partial charge in [0.25, 0.3) is 0 Å². The third kappa shape index (κ3) is 4.77. The first kappa shape index (κ1) is 16.9. The van der Waals surface area contributed by atoms with Crippen LogP contribution in [-0.4, -0.2) is 28.6 Å². The van der Waals surface area contributed by atoms with E-state index in [0.29, 0.717) is 12.8 Å². The summed E-state index contributed by atoms with van der Waals surface area (Å²) in [6, 6.07) is 9.30. The van der Waals surface area contributed by atoms with Crippen molar-refractivity contribution in [3.05, 3.63) is 35.9 Å². The predicted molar refractivity (Wildman–Crippen MR) is 90.9 cm³/mol. The van der Waals surface area contributed by atoms with Crippen molar-refractivity contribution in [1.82, 2.24) is 10.6 Å². The van der Waals surface area contributed by atoms with Crippen LogP contribution < -0.4 is 10.6 Å². The van der Waals surface area contributed by atoms with Gasteiger partial charge >= 0.3 is 0 Å². The first-order valence-electron chi connectivity index (χ1n) is 7.72. The van der Waals surface area contributed by atoms with Crippen molar-refractivity contribution in [3.8, 4) is 0 Å². The highest BCUT2D eigenvalue weighted by atomic mass is 32.1. The number of benzene rings is 1. The van der Waals surface area contributed by atoms with E-state index in [1.165, 1.54) is 0 Å². The smallest absolute Gasteiger partial charge is 0.242 e. The molecular formula is C17H24N2O2S. The minimum atomic E-state index is -0.459. The Hall–Kier alpha value is -1.49. The summed E-state index contributed by atoms with van der Waals surface area (Å²) in [5, 5.41) is 5.37. The average Bonchev–Trinajstić information content (AvgIpc) is 2.58. The largest absolute Gasteiger partial charge is 0.349 e. The number of hydrogen-bond acceptors (Lipinski definition) is 3. The van der Waals surface area contributed by atoms with Crippen molar-refractivity contribution in [2.45, 2.75) is 56.4 Å². The molecule has 4 nitrogen and oxygen atoms in total. The SMILES string of the molecule is CC1(C)CCC[C@H](NC(=O)[C@@H](S)Cc2ccccc2)C(=O)N1. The van der Waals surface area contributed by atoms with Crippen molar-refractivity contribution in [2.75, 3.05) is 0 Å². The van der Waals surface area contributed by atoms with Crippen LogP contribution in [0, 0.1) is 0 Å². The molecule has 2 amide bonds. The fourth-order valence-electron chi connectivity index (χ4n) is 2.70. The minimum absolute atomic E-state index is 0.101. The Labute approximate surface area is 137 Å². The third-order valence-corrected chi connectivity index (χ3v) is 4.38. The van der Waals surface area contributed by atoms with Gasteiger partial charge in [-0.3, -0.25) is 9.59 Å². The number of amides is 2. The van der Waals surface area contributed by atoms with E-state index in [-0.39, 0.29) is 17.4 Å². The van der Waals surface area contributed by atoms with E-state index >= 15 is 0 Å². The van der Waals surface area contributed by atoms with E-state index in [2.05, 4.69) is 23.3 Å². The topological polar surface area (TPSA) is 58.2 Å². The normalized spacial score (nSPS) is 22.3. The van der Waals surface area contributed by atoms with Crippen LogP contribution >= 0.6 is 12.6 Å². The van der Waals surface area contributed by atoms with E-state index in [1.807, 2.05) is 44.2 Å². The molecule has 1 saturated heterocycles. The first-order chi connectivity index (χ1) is 10.4. The second-order valence-electron chi connectivity index (χ2n) is 6.53. The molecule has 120 valence electrons. The number of carbonyl (C=O) groups excluding carboxylic acids is 2. The lowest BCUT2D eigenvalue weighted by Crippen LogP contribution is -2.52. The highest BCUT2D eigenvalue weighted by molar-refractivity contribution is 7.81. The Bertz CT molecular complexity index is 531. The molecular weight excluding hydrogens is 296 g/mol. The fourth-order valence-corrected chi connectivity index (χ4v) is 2.98. The number of hydrogen-bond donors (Lipinski definition) is 3. The molecule has 2 rings (SSSR count). The summed E-state index contributed by atoms with van der Waals surface area (Å²) >= 11 is 4.38. The van der Waals surface area contributed by atoms with Crippen LogP contribution in [0.3, 0.4) is 0 Å². The highest BCUT2D eigenvalue weighted by Crippen LogP contribution is 2.19. The van der Waals surface area contributed by atoms with Gasteiger partial charge in [-0.1, -0.05) is 30.3 Å². The second kappa shape index (κ2) is 7.18. The maximum absolute atomic E-state index is 12.3. The molecule has 5 heteroatoms. The summed E-state index contributed by atoms with van der Waals surface area (Å²) in [6.45, 7) is 4.01. The maximum Gasteiger partial charge on any atom is 0.242 e. The molecule has 1 aliphatic heterocycles. The second-order valence-corrected chi connectivity index (χ2v) is 7.16. The van der Waals surface area contributed by atoms with Gasteiger partial charge in [0, 0.05) is 5.54 Å². The molecule has 0 aromatic heterocycles. The molecule has 0 unspecified atom stereocenters. The van der Waals surface area contributed by atoms with Crippen LogP contribution in [0.2, 0.25) is 0 Å². The van der Waals surface area contributed by atoms with Crippen molar-refractivity contribution in [3.63, 3.8) is 0 Å². The van der Waals surface area contributed by atoms with Crippen molar-refractivity contribution in [2.24, 2.45) is 0 Å². The van der Waals surface area contributed by atoms with Crippen LogP contribution in [-0.2, 0) is 16.0 Å². The molecule has 0 radical (unpaired) electrons. The molecule has 2 N–H and O–H groups in total. The standard InChI is InChI=1S/C17H24N2O2S/c1-17(2)10-6-9-13(15(20)19-17)18-16(21)14(22)11-12-7-4-3-5-8-12/h3-5,7-8,13-14,22H,6,9-11H2,1-2H3,(H,18,21)(H,19,20)/t13-,14-/m0/s1. The van der Waals surface area contributed by atoms with Crippen molar-refractivity contribution in [1.29, 1.82) is 0 Å². The predicted octanol–water partition coefficient (Wildman–Crippen LogP) is 2.09. The Morgan fingerprint density at radius 3 is 2.77 bits per heavy atom. The lowest BCUT2D eigenvalue weighted by atomic mass is 9.99. The quantitative estimate of drug-likeness (QED) is 0.744. The lowest BCUT2D eigenvalue weighted by molar-refractivity contribution is -0.129. The molecule has 0 bridgehead atoms. The molecule has 2 atom stereocenters. The molecule has 0 aliphatic carbocycles. The Kier molecular flexibility index (Phi) is 5.51. The molecule has 1 heterocycles. The van der Waals surface area contributed by atoms with Gasteiger partial charge in [0.1, 0.15) is 6.04 Å². The third-order valence-electron chi connectivity index (χ3n) is 3.96. The molecule has 1 aromatic carbocycles. The van der Waals surface area contributed by atoms with Crippen LogP contribution in [0.4, 0.5) is 0 Å². The first-order valence-corrected chi connectivity index (χ1v) is 8.23. The van der Waals surface area contributed by atoms with E-state index in [1.54, 1.807) is 0 Å². The maximum atomic E-state index is 12.3. The number of nitrogens with one attached hydrogen (secondary N) is 2. The van der Waals surface area contributed by atoms with Crippen LogP contribution in [0.25, 0.3) is 0 Å². The van der Waals surface area contributed by atoms with Gasteiger partial charge in [-0.25, -0.2) is 0 Å². The zero-order chi connectivity index (χ0) is 16.2. The lowest BCUT2D eigenvalue weighted by Gasteiger charge is -2.24. The summed E-state index contributed by atoms with van der Waals surface area (Å²) in [5.74, 6) is -0.289. The summed E-state index contributed by atoms with van der Waals surface area (Å²) in [5.41, 5.74) is 0.852. The number of thiol groups is 1. The highest BCUT2D eigenvalue weighted by Gasteiger charge is 2.31. The molecule has 22 heavy (non-hydrogen) atoms. The van der Waals surface area contributed by atoms with Crippen molar-refractivity contribution >= 4 is 24.4 Å². The average molecular weight is 320 g/mol. The zero-order valence-electron chi connectivity index (χ0n) is 13.1. The summed E-state index contributed by atoms with van der Waals surface area (Å²) in [7, 11) is 0. The van der Waals surface area contributed by atoms with Gasteiger partial charge in [0.05, 0.1) is 5.25 Å². The zero-order valence-corrected chi connectivity index (χ0v) is 14.0. The molecule has 1 aromatic rings. The van der Waals surface area contributed by atoms with Gasteiger partial charge in [0.15, 0.2) is 0 Å². The minimum Gasteiger partial charge on any atom is -0.349 e. The van der Waals surface area contributed by atoms with Gasteiger partial charge in [-0.15, -0.1) is 0 Å². The van der Waals surface area contributed by atoms with Crippen LogP contribution in [0.5, 0.6) is 0 Å². The van der Waals surface area contributed by atoms with E-state index < -0.39 is 11.3 Å². The summed E-state index contributed by atoms with van der Waals surface area (Å²) in [6.07, 6.45) is 3.05. The molecule has 1 fully saturated rings. The molecule has 0 spiro atoms. The Morgan fingerprint density at radius 2 is 2.09 bits per heavy atom. The Balaban J connectivity index is 1.92. The van der Waals surface area contributed by atoms with Gasteiger partial charge in [0.2, 0.25) is 11.8 Å². The van der Waals surface area contributed by atoms with E-state index in [4.69, 9.17) is 0 Å². The monoisotopic (exact) mass is 320 g/mol.